The quantitative estimate of drug-likeness (QED) is 0.160. The number of aromatic nitrogens is 4. The number of hydrogen-bond donors (Lipinski definition) is 0. The molecule has 0 aliphatic heterocycles. The predicted molar refractivity (Wildman–Crippen MR) is 259 cm³/mol. The van der Waals surface area contributed by atoms with Gasteiger partial charge >= 0.3 is 0 Å². The van der Waals surface area contributed by atoms with Gasteiger partial charge in [0.1, 0.15) is 11.2 Å². The van der Waals surface area contributed by atoms with Gasteiger partial charge in [-0.15, -0.1) is 0 Å². The van der Waals surface area contributed by atoms with Crippen LogP contribution in [-0.2, 0) is 0 Å². The van der Waals surface area contributed by atoms with Crippen LogP contribution in [0.4, 0.5) is 0 Å². The van der Waals surface area contributed by atoms with Gasteiger partial charge in [0.05, 0.1) is 22.7 Å². The van der Waals surface area contributed by atoms with Gasteiger partial charge in [-0.2, -0.15) is 5.26 Å². The van der Waals surface area contributed by atoms with Crippen LogP contribution < -0.4 is 0 Å². The van der Waals surface area contributed by atoms with Crippen molar-refractivity contribution >= 4 is 43.7 Å². The van der Waals surface area contributed by atoms with E-state index in [0.717, 1.165) is 88.4 Å². The zero-order valence-electron chi connectivity index (χ0n) is 34.4. The Labute approximate surface area is 368 Å². The van der Waals surface area contributed by atoms with Crippen molar-refractivity contribution in [3.8, 4) is 79.3 Å². The number of furan rings is 1. The topological polar surface area (TPSA) is 80.5 Å². The van der Waals surface area contributed by atoms with Crippen LogP contribution in [0.25, 0.3) is 117 Å². The second kappa shape index (κ2) is 15.2. The molecule has 6 heteroatoms. The number of fused-ring (bicyclic) bond motifs is 6. The third-order valence-corrected chi connectivity index (χ3v) is 12.1. The van der Waals surface area contributed by atoms with Crippen LogP contribution in [0.15, 0.2) is 217 Å². The second-order valence-electron chi connectivity index (χ2n) is 15.9. The molecule has 3 heterocycles. The number of benzene rings is 9. The molecular weight excluding hydrogens is 783 g/mol. The van der Waals surface area contributed by atoms with Gasteiger partial charge in [0.25, 0.3) is 0 Å². The lowest BCUT2D eigenvalue weighted by molar-refractivity contribution is 0.669. The Morgan fingerprint density at radius 3 is 1.80 bits per heavy atom. The van der Waals surface area contributed by atoms with E-state index >= 15 is 0 Å². The van der Waals surface area contributed by atoms with E-state index in [-0.39, 0.29) is 0 Å². The molecule has 0 saturated heterocycles. The summed E-state index contributed by atoms with van der Waals surface area (Å²) in [5.74, 6) is 1.59. The summed E-state index contributed by atoms with van der Waals surface area (Å²) < 4.78 is 8.95. The summed E-state index contributed by atoms with van der Waals surface area (Å²) in [6, 6.07) is 75.0. The van der Waals surface area contributed by atoms with E-state index in [4.69, 9.17) is 19.4 Å². The highest BCUT2D eigenvalue weighted by molar-refractivity contribution is 6.16. The molecule has 6 nitrogen and oxygen atoms in total. The molecule has 0 fully saturated rings. The van der Waals surface area contributed by atoms with Crippen LogP contribution in [0.3, 0.4) is 0 Å². The molecule has 298 valence electrons. The highest BCUT2D eigenvalue weighted by atomic mass is 16.3. The third-order valence-electron chi connectivity index (χ3n) is 12.1. The lowest BCUT2D eigenvalue weighted by Crippen LogP contribution is -2.01. The first kappa shape index (κ1) is 36.9. The maximum atomic E-state index is 9.81. The molecule has 0 unspecified atom stereocenters. The first-order chi connectivity index (χ1) is 31.7. The standard InChI is InChI=1S/C58H35N5O/c59-36-37-14-11-17-41(34-37)44-20-7-8-21-46(44)57-60-56(61-58(62-57)49-24-12-26-51-54(49)47-22-9-10-25-50(47)63(51)43-18-5-2-6-19-43)42-32-33-48-53(35-42)64-52-27-13-23-45(55(48)52)40-30-28-39(29-31-40)38-15-3-1-4-16-38/h1-35H. The average molecular weight is 818 g/mol. The molecule has 0 bridgehead atoms. The van der Waals surface area contributed by atoms with Gasteiger partial charge in [-0.25, -0.2) is 15.0 Å². The van der Waals surface area contributed by atoms with Crippen LogP contribution in [-0.4, -0.2) is 19.5 Å². The van der Waals surface area contributed by atoms with Crippen LogP contribution in [0.2, 0.25) is 0 Å². The van der Waals surface area contributed by atoms with E-state index in [9.17, 15) is 5.26 Å². The molecule has 0 aliphatic rings. The second-order valence-corrected chi connectivity index (χ2v) is 15.9. The summed E-state index contributed by atoms with van der Waals surface area (Å²) in [4.78, 5) is 15.9. The van der Waals surface area contributed by atoms with E-state index in [1.54, 1.807) is 0 Å². The molecular formula is C58H35N5O. The van der Waals surface area contributed by atoms with Crippen molar-refractivity contribution in [1.82, 2.24) is 19.5 Å². The number of hydrogen-bond acceptors (Lipinski definition) is 5. The van der Waals surface area contributed by atoms with Gasteiger partial charge in [-0.1, -0.05) is 158 Å². The molecule has 12 aromatic rings. The van der Waals surface area contributed by atoms with Crippen molar-refractivity contribution in [3.05, 3.63) is 218 Å². The zero-order valence-corrected chi connectivity index (χ0v) is 34.4. The molecule has 3 aromatic heterocycles. The van der Waals surface area contributed by atoms with Crippen LogP contribution in [0, 0.1) is 11.3 Å². The number of nitriles is 1. The lowest BCUT2D eigenvalue weighted by atomic mass is 9.96. The Bertz CT molecular complexity index is 3790. The zero-order chi connectivity index (χ0) is 42.6. The highest BCUT2D eigenvalue weighted by Crippen LogP contribution is 2.41. The summed E-state index contributed by atoms with van der Waals surface area (Å²) in [6.45, 7) is 0. The Kier molecular flexibility index (Phi) is 8.77. The van der Waals surface area contributed by atoms with E-state index in [0.29, 0.717) is 23.0 Å². The first-order valence-electron chi connectivity index (χ1n) is 21.2. The molecule has 0 N–H and O–H groups in total. The van der Waals surface area contributed by atoms with Gasteiger partial charge < -0.3 is 8.98 Å². The largest absolute Gasteiger partial charge is 0.456 e. The maximum Gasteiger partial charge on any atom is 0.164 e. The minimum absolute atomic E-state index is 0.517. The van der Waals surface area contributed by atoms with Gasteiger partial charge in [0.15, 0.2) is 17.5 Å². The van der Waals surface area contributed by atoms with Gasteiger partial charge in [0, 0.05) is 43.9 Å². The molecule has 0 spiro atoms. The van der Waals surface area contributed by atoms with Crippen LogP contribution in [0.1, 0.15) is 5.56 Å². The van der Waals surface area contributed by atoms with Crippen molar-refractivity contribution in [2.24, 2.45) is 0 Å². The van der Waals surface area contributed by atoms with E-state index in [1.807, 2.05) is 66.7 Å². The lowest BCUT2D eigenvalue weighted by Gasteiger charge is -2.13. The molecule has 12 rings (SSSR count). The molecule has 0 amide bonds. The molecule has 0 aliphatic carbocycles. The molecule has 64 heavy (non-hydrogen) atoms. The van der Waals surface area contributed by atoms with Crippen LogP contribution >= 0.6 is 0 Å². The predicted octanol–water partition coefficient (Wildman–Crippen LogP) is 14.7. The molecule has 0 radical (unpaired) electrons. The molecule has 9 aromatic carbocycles. The summed E-state index contributed by atoms with van der Waals surface area (Å²) in [5, 5.41) is 14.0. The Hall–Kier alpha value is -8.92. The number of nitrogens with zero attached hydrogens (tertiary/aromatic N) is 5. The van der Waals surface area contributed by atoms with Crippen molar-refractivity contribution in [2.45, 2.75) is 0 Å². The number of para-hydroxylation sites is 2. The summed E-state index contributed by atoms with van der Waals surface area (Å²) in [6.07, 6.45) is 0. The third kappa shape index (κ3) is 6.22. The van der Waals surface area contributed by atoms with E-state index in [1.165, 1.54) is 11.1 Å². The van der Waals surface area contributed by atoms with Gasteiger partial charge in [-0.05, 0) is 88.0 Å². The maximum absolute atomic E-state index is 9.81. The number of rotatable bonds is 7. The van der Waals surface area contributed by atoms with Crippen molar-refractivity contribution in [3.63, 3.8) is 0 Å². The Morgan fingerprint density at radius 2 is 0.969 bits per heavy atom. The fourth-order valence-corrected chi connectivity index (χ4v) is 9.17. The summed E-state index contributed by atoms with van der Waals surface area (Å²) in [7, 11) is 0. The minimum Gasteiger partial charge on any atom is -0.456 e. The highest BCUT2D eigenvalue weighted by Gasteiger charge is 2.22. The summed E-state index contributed by atoms with van der Waals surface area (Å²) in [5.41, 5.74) is 14.3. The Balaban J connectivity index is 1.05. The monoisotopic (exact) mass is 817 g/mol. The fraction of sp³-hybridized carbons (Fsp3) is 0. The van der Waals surface area contributed by atoms with Crippen molar-refractivity contribution in [1.29, 1.82) is 5.26 Å². The molecule has 0 saturated carbocycles. The average Bonchev–Trinajstić information content (AvgIpc) is 3.92. The van der Waals surface area contributed by atoms with Crippen LogP contribution in [0.5, 0.6) is 0 Å². The summed E-state index contributed by atoms with van der Waals surface area (Å²) >= 11 is 0. The SMILES string of the molecule is N#Cc1cccc(-c2ccccc2-c2nc(-c3ccc4c(c3)oc3cccc(-c5ccc(-c6ccccc6)cc5)c34)nc(-c3cccc4c3c3ccccc3n4-c3ccccc3)n2)c1. The normalized spacial score (nSPS) is 11.4. The fourth-order valence-electron chi connectivity index (χ4n) is 9.17. The van der Waals surface area contributed by atoms with E-state index in [2.05, 4.69) is 156 Å². The van der Waals surface area contributed by atoms with Crippen molar-refractivity contribution in [2.75, 3.05) is 0 Å². The molecule has 0 atom stereocenters. The minimum atomic E-state index is 0.517. The Morgan fingerprint density at radius 1 is 0.375 bits per heavy atom. The smallest absolute Gasteiger partial charge is 0.164 e. The van der Waals surface area contributed by atoms with Crippen molar-refractivity contribution < 1.29 is 4.42 Å². The van der Waals surface area contributed by atoms with E-state index < -0.39 is 0 Å². The first-order valence-corrected chi connectivity index (χ1v) is 21.2. The van der Waals surface area contributed by atoms with Gasteiger partial charge in [0.2, 0.25) is 0 Å². The van der Waals surface area contributed by atoms with Gasteiger partial charge in [-0.3, -0.25) is 0 Å².